The molecule has 0 aliphatic rings. The molecule has 4 heteroatoms. The third-order valence-corrected chi connectivity index (χ3v) is 16.8. The molecule has 0 fully saturated rings. The molecule has 0 aliphatic carbocycles. The molecule has 2 nitrogen and oxygen atoms in total. The molecule has 0 aliphatic heterocycles. The molecule has 0 amide bonds. The van der Waals surface area contributed by atoms with Crippen molar-refractivity contribution in [2.24, 2.45) is 0 Å². The summed E-state index contributed by atoms with van der Waals surface area (Å²) in [5.74, 6) is 0. The number of hydrogen-bond acceptors (Lipinski definition) is 2. The topological polar surface area (TPSA) is 6.48 Å². The maximum absolute atomic E-state index is 4.14. The van der Waals surface area contributed by atoms with E-state index in [1.54, 1.807) is 6.54 Å². The monoisotopic (exact) mass is 556 g/mol. The van der Waals surface area contributed by atoms with E-state index in [1.165, 1.54) is 11.1 Å². The summed E-state index contributed by atoms with van der Waals surface area (Å²) in [5, 5.41) is 0. The van der Waals surface area contributed by atoms with Crippen molar-refractivity contribution in [1.29, 1.82) is 0 Å². The molecule has 0 saturated carbocycles. The Labute approximate surface area is 148 Å². The Bertz CT molecular complexity index is 560. The third-order valence-electron chi connectivity index (χ3n) is 3.38. The minimum atomic E-state index is -2.09. The van der Waals surface area contributed by atoms with Crippen molar-refractivity contribution in [3.05, 3.63) is 59.7 Å². The number of rotatable bonds is 6. The summed E-state index contributed by atoms with van der Waals surface area (Å²) >= 11 is 2.05. The van der Waals surface area contributed by atoms with E-state index in [-0.39, 0.29) is 0 Å². The Balaban J connectivity index is 2.38. The van der Waals surface area contributed by atoms with Crippen LogP contribution in [0.15, 0.2) is 48.5 Å². The minimum absolute atomic E-state index is 1.00. The van der Waals surface area contributed by atoms with Crippen LogP contribution >= 0.6 is 12.2 Å². The molecule has 2 aromatic rings. The Kier molecular flexibility index (Phi) is 7.01. The molecule has 22 heavy (non-hydrogen) atoms. The molecular formula is C18H24BiBrN2. The Hall–Kier alpha value is -0.277. The summed E-state index contributed by atoms with van der Waals surface area (Å²) in [6.07, 6.45) is 0. The van der Waals surface area contributed by atoms with E-state index in [0.717, 1.165) is 13.1 Å². The van der Waals surface area contributed by atoms with Crippen molar-refractivity contribution < 1.29 is 0 Å². The van der Waals surface area contributed by atoms with Gasteiger partial charge in [0.2, 0.25) is 0 Å². The van der Waals surface area contributed by atoms with Gasteiger partial charge in [-0.05, 0) is 0 Å². The molecule has 0 N–H and O–H groups in total. The first-order valence-corrected chi connectivity index (χ1v) is 18.4. The van der Waals surface area contributed by atoms with Gasteiger partial charge in [-0.1, -0.05) is 0 Å². The van der Waals surface area contributed by atoms with Crippen molar-refractivity contribution >= 4 is 38.2 Å². The van der Waals surface area contributed by atoms with Crippen LogP contribution in [0.4, 0.5) is 0 Å². The van der Waals surface area contributed by atoms with Crippen LogP contribution in [0.25, 0.3) is 0 Å². The summed E-state index contributed by atoms with van der Waals surface area (Å²) in [6.45, 7) is 2.01. The van der Waals surface area contributed by atoms with Gasteiger partial charge in [0.25, 0.3) is 0 Å². The van der Waals surface area contributed by atoms with Gasteiger partial charge in [0, 0.05) is 0 Å². The SMILES string of the molecule is CN(C)Cc1cccc[c]1[Bi]([Br])[c]1ccccc1CN(C)C. The quantitative estimate of drug-likeness (QED) is 0.504. The predicted molar refractivity (Wildman–Crippen MR) is 102 cm³/mol. The van der Waals surface area contributed by atoms with Gasteiger partial charge >= 0.3 is 149 Å². The van der Waals surface area contributed by atoms with Gasteiger partial charge in [0.1, 0.15) is 0 Å². The van der Waals surface area contributed by atoms with Gasteiger partial charge in [0.05, 0.1) is 0 Å². The van der Waals surface area contributed by atoms with E-state index in [2.05, 4.69) is 98.7 Å². The first-order valence-electron chi connectivity index (χ1n) is 7.40. The molecule has 0 unspecified atom stereocenters. The average molecular weight is 557 g/mol. The Morgan fingerprint density at radius 1 is 0.727 bits per heavy atom. The molecule has 0 atom stereocenters. The van der Waals surface area contributed by atoms with Gasteiger partial charge < -0.3 is 0 Å². The molecule has 118 valence electrons. The number of benzene rings is 2. The van der Waals surface area contributed by atoms with Gasteiger partial charge in [-0.25, -0.2) is 0 Å². The molecule has 0 saturated heterocycles. The molecule has 2 aromatic carbocycles. The first kappa shape index (κ1) is 18.1. The summed E-state index contributed by atoms with van der Waals surface area (Å²) in [7, 11) is 8.54. The molecule has 0 aromatic heterocycles. The fourth-order valence-electron chi connectivity index (χ4n) is 2.48. The fourth-order valence-corrected chi connectivity index (χ4v) is 14.3. The molecule has 2 rings (SSSR count). The van der Waals surface area contributed by atoms with Crippen molar-refractivity contribution in [1.82, 2.24) is 9.80 Å². The van der Waals surface area contributed by atoms with E-state index >= 15 is 0 Å². The molecule has 0 bridgehead atoms. The van der Waals surface area contributed by atoms with Crippen LogP contribution in [-0.2, 0) is 13.1 Å². The number of halogens is 1. The average Bonchev–Trinajstić information content (AvgIpc) is 2.46. The summed E-state index contributed by atoms with van der Waals surface area (Å²) in [6, 6.07) is 17.8. The van der Waals surface area contributed by atoms with Gasteiger partial charge in [-0.15, -0.1) is 0 Å². The fraction of sp³-hybridized carbons (Fsp3) is 0.333. The molecular weight excluding hydrogens is 533 g/mol. The number of hydrogen-bond donors (Lipinski definition) is 0. The van der Waals surface area contributed by atoms with Gasteiger partial charge in [-0.3, -0.25) is 0 Å². The van der Waals surface area contributed by atoms with Crippen LogP contribution < -0.4 is 6.54 Å². The zero-order chi connectivity index (χ0) is 16.1. The Morgan fingerprint density at radius 3 is 1.45 bits per heavy atom. The van der Waals surface area contributed by atoms with E-state index in [4.69, 9.17) is 0 Å². The number of nitrogens with zero attached hydrogens (tertiary/aromatic N) is 2. The van der Waals surface area contributed by atoms with Crippen molar-refractivity contribution in [3.8, 4) is 0 Å². The van der Waals surface area contributed by atoms with Gasteiger partial charge in [-0.2, -0.15) is 0 Å². The predicted octanol–water partition coefficient (Wildman–Crippen LogP) is 2.31. The summed E-state index contributed by atoms with van der Waals surface area (Å²) in [4.78, 5) is 4.49. The van der Waals surface area contributed by atoms with Crippen molar-refractivity contribution in [2.45, 2.75) is 13.1 Å². The van der Waals surface area contributed by atoms with Crippen LogP contribution in [0.5, 0.6) is 0 Å². The van der Waals surface area contributed by atoms with Crippen molar-refractivity contribution in [2.75, 3.05) is 28.2 Å². The van der Waals surface area contributed by atoms with Crippen LogP contribution in [0.3, 0.4) is 0 Å². The van der Waals surface area contributed by atoms with E-state index in [1.807, 2.05) is 0 Å². The van der Waals surface area contributed by atoms with E-state index in [0.29, 0.717) is 0 Å². The second-order valence-electron chi connectivity index (χ2n) is 6.01. The zero-order valence-electron chi connectivity index (χ0n) is 13.8. The first-order chi connectivity index (χ1) is 10.5. The normalized spacial score (nSPS) is 11.6. The summed E-state index contributed by atoms with van der Waals surface area (Å²) < 4.78 is 3.11. The third kappa shape index (κ3) is 4.86. The van der Waals surface area contributed by atoms with Crippen molar-refractivity contribution in [3.63, 3.8) is 0 Å². The van der Waals surface area contributed by atoms with Crippen LogP contribution in [0, 0.1) is 0 Å². The molecule has 0 radical (unpaired) electrons. The van der Waals surface area contributed by atoms with Crippen LogP contribution in [0.2, 0.25) is 0 Å². The van der Waals surface area contributed by atoms with E-state index < -0.39 is 19.4 Å². The standard InChI is InChI=1S/2C9H12N.Bi.BrH/c2*1-10(2)8-9-6-4-3-5-7-9;;/h2*3-6H,8H2,1-2H3;;1H/q;;+1;/p-1. The van der Waals surface area contributed by atoms with Crippen LogP contribution in [-0.4, -0.2) is 57.4 Å². The van der Waals surface area contributed by atoms with E-state index in [9.17, 15) is 0 Å². The Morgan fingerprint density at radius 2 is 1.09 bits per heavy atom. The molecule has 0 spiro atoms. The van der Waals surface area contributed by atoms with Crippen LogP contribution in [0.1, 0.15) is 11.1 Å². The second-order valence-corrected chi connectivity index (χ2v) is 18.2. The maximum atomic E-state index is 4.14. The summed E-state index contributed by atoms with van der Waals surface area (Å²) in [5.41, 5.74) is 2.92. The van der Waals surface area contributed by atoms with Gasteiger partial charge in [0.15, 0.2) is 0 Å². The zero-order valence-corrected chi connectivity index (χ0v) is 18.8. The second kappa shape index (κ2) is 8.54. The molecule has 0 heterocycles.